The minimum Gasteiger partial charge on any atom is -0.0843 e. The summed E-state index contributed by atoms with van der Waals surface area (Å²) in [5, 5.41) is 0.783. The predicted octanol–water partition coefficient (Wildman–Crippen LogP) is 6.48. The van der Waals surface area contributed by atoms with Crippen LogP contribution in [0, 0.1) is 0 Å². The molecule has 110 valence electrons. The Balaban J connectivity index is 2.02. The zero-order valence-corrected chi connectivity index (χ0v) is 14.4. The van der Waals surface area contributed by atoms with E-state index < -0.39 is 0 Å². The van der Waals surface area contributed by atoms with Crippen molar-refractivity contribution in [3.05, 3.63) is 105 Å². The number of benzene rings is 3. The molecule has 0 aliphatic rings. The average Bonchev–Trinajstić information content (AvgIpc) is 2.55. The van der Waals surface area contributed by atoms with Gasteiger partial charge in [0.05, 0.1) is 0 Å². The molecule has 0 saturated carbocycles. The second-order valence-electron chi connectivity index (χ2n) is 5.31. The molecule has 3 aromatic rings. The molecule has 0 aliphatic carbocycles. The second kappa shape index (κ2) is 7.13. The topological polar surface area (TPSA) is 0 Å². The van der Waals surface area contributed by atoms with E-state index in [0.29, 0.717) is 5.92 Å². The smallest absolute Gasteiger partial charge is 0.0408 e. The van der Waals surface area contributed by atoms with Crippen LogP contribution in [0.2, 0.25) is 5.02 Å². The minimum absolute atomic E-state index is 0.290. The van der Waals surface area contributed by atoms with Crippen LogP contribution in [0.3, 0.4) is 0 Å². The van der Waals surface area contributed by atoms with Crippen molar-refractivity contribution in [2.24, 2.45) is 0 Å². The maximum absolute atomic E-state index is 6.20. The van der Waals surface area contributed by atoms with Gasteiger partial charge in [-0.1, -0.05) is 88.2 Å². The molecule has 0 nitrogen and oxygen atoms in total. The maximum Gasteiger partial charge on any atom is 0.0408 e. The Morgan fingerprint density at radius 3 is 2.18 bits per heavy atom. The molecule has 0 spiro atoms. The average molecular weight is 372 g/mol. The third-order valence-corrected chi connectivity index (χ3v) is 4.84. The van der Waals surface area contributed by atoms with Gasteiger partial charge >= 0.3 is 0 Å². The fraction of sp³-hybridized carbons (Fsp3) is 0.100. The lowest BCUT2D eigenvalue weighted by Gasteiger charge is -2.19. The fourth-order valence-electron chi connectivity index (χ4n) is 2.72. The SMILES string of the molecule is Clc1cccc(C(Cc2ccccc2Br)c2ccccc2)c1. The molecule has 22 heavy (non-hydrogen) atoms. The van der Waals surface area contributed by atoms with Crippen molar-refractivity contribution in [1.29, 1.82) is 0 Å². The van der Waals surface area contributed by atoms with Gasteiger partial charge in [-0.3, -0.25) is 0 Å². The summed E-state index contributed by atoms with van der Waals surface area (Å²) in [4.78, 5) is 0. The van der Waals surface area contributed by atoms with E-state index in [1.165, 1.54) is 16.7 Å². The summed E-state index contributed by atoms with van der Waals surface area (Å²) in [5.41, 5.74) is 3.85. The van der Waals surface area contributed by atoms with Gasteiger partial charge in [0.1, 0.15) is 0 Å². The van der Waals surface area contributed by atoms with Gasteiger partial charge in [-0.05, 0) is 41.3 Å². The molecule has 0 N–H and O–H groups in total. The van der Waals surface area contributed by atoms with Crippen LogP contribution in [0.1, 0.15) is 22.6 Å². The van der Waals surface area contributed by atoms with Crippen LogP contribution >= 0.6 is 27.5 Å². The summed E-state index contributed by atoms with van der Waals surface area (Å²) < 4.78 is 1.15. The summed E-state index contributed by atoms with van der Waals surface area (Å²) in [6.45, 7) is 0. The van der Waals surface area contributed by atoms with E-state index in [-0.39, 0.29) is 0 Å². The fourth-order valence-corrected chi connectivity index (χ4v) is 3.37. The Labute approximate surface area is 144 Å². The van der Waals surface area contributed by atoms with E-state index in [2.05, 4.69) is 76.6 Å². The monoisotopic (exact) mass is 370 g/mol. The molecule has 0 radical (unpaired) electrons. The summed E-state index contributed by atoms with van der Waals surface area (Å²) >= 11 is 9.86. The standard InChI is InChI=1S/C20H16BrCl/c21-20-12-5-4-9-17(20)14-19(15-7-2-1-3-8-15)16-10-6-11-18(22)13-16/h1-13,19H,14H2. The molecule has 0 bridgehead atoms. The Morgan fingerprint density at radius 2 is 1.45 bits per heavy atom. The lowest BCUT2D eigenvalue weighted by molar-refractivity contribution is 0.802. The van der Waals surface area contributed by atoms with Crippen LogP contribution in [-0.2, 0) is 6.42 Å². The first-order chi connectivity index (χ1) is 10.7. The summed E-state index contributed by atoms with van der Waals surface area (Å²) in [7, 11) is 0. The minimum atomic E-state index is 0.290. The van der Waals surface area contributed by atoms with Crippen LogP contribution in [0.25, 0.3) is 0 Å². The third kappa shape index (κ3) is 3.60. The highest BCUT2D eigenvalue weighted by molar-refractivity contribution is 9.10. The number of rotatable bonds is 4. The molecule has 0 amide bonds. The molecule has 0 aromatic heterocycles. The molecule has 2 heteroatoms. The van der Waals surface area contributed by atoms with Crippen LogP contribution in [-0.4, -0.2) is 0 Å². The number of hydrogen-bond acceptors (Lipinski definition) is 0. The van der Waals surface area contributed by atoms with Crippen LogP contribution < -0.4 is 0 Å². The lowest BCUT2D eigenvalue weighted by Crippen LogP contribution is -2.05. The van der Waals surface area contributed by atoms with Gasteiger partial charge in [-0.25, -0.2) is 0 Å². The zero-order chi connectivity index (χ0) is 15.4. The van der Waals surface area contributed by atoms with Crippen molar-refractivity contribution in [3.63, 3.8) is 0 Å². The maximum atomic E-state index is 6.20. The van der Waals surface area contributed by atoms with Crippen molar-refractivity contribution < 1.29 is 0 Å². The Morgan fingerprint density at radius 1 is 0.773 bits per heavy atom. The predicted molar refractivity (Wildman–Crippen MR) is 97.6 cm³/mol. The summed E-state index contributed by atoms with van der Waals surface area (Å²) in [5.74, 6) is 0.290. The van der Waals surface area contributed by atoms with Crippen molar-refractivity contribution >= 4 is 27.5 Å². The second-order valence-corrected chi connectivity index (χ2v) is 6.60. The van der Waals surface area contributed by atoms with Crippen LogP contribution in [0.15, 0.2) is 83.3 Å². The normalized spacial score (nSPS) is 12.1. The molecule has 3 aromatic carbocycles. The van der Waals surface area contributed by atoms with Crippen molar-refractivity contribution in [3.8, 4) is 0 Å². The van der Waals surface area contributed by atoms with E-state index in [9.17, 15) is 0 Å². The molecule has 0 fully saturated rings. The molecule has 0 saturated heterocycles. The largest absolute Gasteiger partial charge is 0.0843 e. The van der Waals surface area contributed by atoms with E-state index in [1.807, 2.05) is 18.2 Å². The molecular formula is C20H16BrCl. The van der Waals surface area contributed by atoms with Crippen LogP contribution in [0.5, 0.6) is 0 Å². The van der Waals surface area contributed by atoms with Crippen molar-refractivity contribution in [1.82, 2.24) is 0 Å². The van der Waals surface area contributed by atoms with Gasteiger partial charge in [0, 0.05) is 15.4 Å². The van der Waals surface area contributed by atoms with Gasteiger partial charge in [0.2, 0.25) is 0 Å². The highest BCUT2D eigenvalue weighted by Gasteiger charge is 2.16. The molecule has 3 rings (SSSR count). The van der Waals surface area contributed by atoms with Gasteiger partial charge in [0.15, 0.2) is 0 Å². The van der Waals surface area contributed by atoms with E-state index >= 15 is 0 Å². The highest BCUT2D eigenvalue weighted by atomic mass is 79.9. The molecule has 1 atom stereocenters. The lowest BCUT2D eigenvalue weighted by atomic mass is 9.86. The highest BCUT2D eigenvalue weighted by Crippen LogP contribution is 2.32. The van der Waals surface area contributed by atoms with Crippen molar-refractivity contribution in [2.75, 3.05) is 0 Å². The Kier molecular flexibility index (Phi) is 4.97. The van der Waals surface area contributed by atoms with Gasteiger partial charge < -0.3 is 0 Å². The Hall–Kier alpha value is -1.57. The summed E-state index contributed by atoms with van der Waals surface area (Å²) in [6.07, 6.45) is 0.936. The van der Waals surface area contributed by atoms with E-state index in [1.54, 1.807) is 0 Å². The Bertz CT molecular complexity index is 752. The zero-order valence-electron chi connectivity index (χ0n) is 12.0. The molecular weight excluding hydrogens is 356 g/mol. The molecule has 1 unspecified atom stereocenters. The third-order valence-electron chi connectivity index (χ3n) is 3.83. The quantitative estimate of drug-likeness (QED) is 0.492. The van der Waals surface area contributed by atoms with Crippen LogP contribution in [0.4, 0.5) is 0 Å². The first kappa shape index (κ1) is 15.3. The number of halogens is 2. The first-order valence-corrected chi connectivity index (χ1v) is 8.45. The van der Waals surface area contributed by atoms with Gasteiger partial charge in [0.25, 0.3) is 0 Å². The van der Waals surface area contributed by atoms with Gasteiger partial charge in [-0.2, -0.15) is 0 Å². The van der Waals surface area contributed by atoms with E-state index in [4.69, 9.17) is 11.6 Å². The first-order valence-electron chi connectivity index (χ1n) is 7.28. The summed E-state index contributed by atoms with van der Waals surface area (Å²) in [6, 6.07) is 27.2. The molecule has 0 heterocycles. The molecule has 0 aliphatic heterocycles. The number of hydrogen-bond donors (Lipinski definition) is 0. The van der Waals surface area contributed by atoms with E-state index in [0.717, 1.165) is 15.9 Å². The van der Waals surface area contributed by atoms with Crippen molar-refractivity contribution in [2.45, 2.75) is 12.3 Å². The van der Waals surface area contributed by atoms with Gasteiger partial charge in [-0.15, -0.1) is 0 Å².